The first-order valence-electron chi connectivity index (χ1n) is 5.74. The summed E-state index contributed by atoms with van der Waals surface area (Å²) in [7, 11) is -4.67. The van der Waals surface area contributed by atoms with Crippen LogP contribution in [0.3, 0.4) is 0 Å². The molecule has 1 aliphatic rings. The topological polar surface area (TPSA) is 136 Å². The normalized spacial score (nSPS) is 15.3. The van der Waals surface area contributed by atoms with Crippen LogP contribution in [0.2, 0.25) is 0 Å². The number of rotatable bonds is 3. The zero-order chi connectivity index (χ0) is 17.5. The Morgan fingerprint density at radius 3 is 2.46 bits per heavy atom. The summed E-state index contributed by atoms with van der Waals surface area (Å²) in [6.07, 6.45) is 5.96. The molecule has 0 saturated carbocycles. The van der Waals surface area contributed by atoms with Crippen molar-refractivity contribution in [2.75, 3.05) is 0 Å². The molecule has 0 amide bonds. The van der Waals surface area contributed by atoms with Crippen molar-refractivity contribution in [3.8, 4) is 0 Å². The third kappa shape index (κ3) is 9.68. The summed E-state index contributed by atoms with van der Waals surface area (Å²) in [5.74, 6) is 0.208. The number of Topliss-reactive ketones (excluding diaryl/α,β-unsaturated/α-hetero) is 1. The van der Waals surface area contributed by atoms with Gasteiger partial charge in [0.2, 0.25) is 5.78 Å². The summed E-state index contributed by atoms with van der Waals surface area (Å²) < 4.78 is 31.6. The maximum atomic E-state index is 11.6. The second-order valence-electron chi connectivity index (χ2n) is 3.83. The van der Waals surface area contributed by atoms with E-state index in [-0.39, 0.29) is 27.9 Å². The van der Waals surface area contributed by atoms with Crippen molar-refractivity contribution in [1.29, 1.82) is 0 Å². The zero-order valence-electron chi connectivity index (χ0n) is 11.6. The van der Waals surface area contributed by atoms with Crippen molar-refractivity contribution in [3.63, 3.8) is 0 Å². The van der Waals surface area contributed by atoms with E-state index in [1.165, 1.54) is 18.4 Å². The summed E-state index contributed by atoms with van der Waals surface area (Å²) in [4.78, 5) is 15.6. The van der Waals surface area contributed by atoms with Crippen LogP contribution < -0.4 is 5.43 Å². The molecule has 1 aromatic heterocycles. The first kappa shape index (κ1) is 22.6. The fraction of sp³-hybridized carbons (Fsp3) is 0. The number of ketones is 1. The number of pyridine rings is 1. The van der Waals surface area contributed by atoms with Crippen LogP contribution in [0.4, 0.5) is 5.82 Å². The van der Waals surface area contributed by atoms with Gasteiger partial charge in [-0.25, -0.2) is 0 Å². The molecule has 12 heteroatoms. The first-order valence-corrected chi connectivity index (χ1v) is 7.90. The third-order valence-electron chi connectivity index (χ3n) is 2.09. The quantitative estimate of drug-likeness (QED) is 0.191. The van der Waals surface area contributed by atoms with E-state index in [9.17, 15) is 4.79 Å². The van der Waals surface area contributed by atoms with E-state index in [1.807, 2.05) is 6.07 Å². The molecule has 2 rings (SSSR count). The Bertz CT molecular complexity index is 758. The van der Waals surface area contributed by atoms with Crippen LogP contribution in [0.5, 0.6) is 0 Å². The van der Waals surface area contributed by atoms with Crippen molar-refractivity contribution in [2.24, 2.45) is 0 Å². The Hall–Kier alpha value is -1.39. The van der Waals surface area contributed by atoms with Gasteiger partial charge in [0.05, 0.1) is 5.03 Å². The molecule has 0 spiro atoms. The Balaban J connectivity index is 0.000000777. The molecular formula is C12H10Cl2FeN3O5S+. The second kappa shape index (κ2) is 10.5. The molecule has 0 bridgehead atoms. The van der Waals surface area contributed by atoms with Gasteiger partial charge in [-0.3, -0.25) is 4.79 Å². The molecule has 8 nitrogen and oxygen atoms in total. The van der Waals surface area contributed by atoms with Crippen LogP contribution in [-0.2, 0) is 32.3 Å². The van der Waals surface area contributed by atoms with Crippen LogP contribution >= 0.6 is 23.2 Å². The molecule has 1 aromatic rings. The molecule has 1 aliphatic carbocycles. The number of nitrogens with one attached hydrogen (secondary N) is 1. The van der Waals surface area contributed by atoms with Gasteiger partial charge in [0, 0.05) is 16.8 Å². The molecule has 130 valence electrons. The molecule has 0 unspecified atom stereocenters. The van der Waals surface area contributed by atoms with Crippen molar-refractivity contribution in [1.82, 2.24) is 10.4 Å². The maximum absolute atomic E-state index is 11.6. The van der Waals surface area contributed by atoms with Crippen molar-refractivity contribution in [3.05, 3.63) is 63.8 Å². The predicted octanol–water partition coefficient (Wildman–Crippen LogP) is 1.47. The summed E-state index contributed by atoms with van der Waals surface area (Å²) in [5, 5.41) is 0.471. The minimum atomic E-state index is -4.67. The number of halogens is 2. The van der Waals surface area contributed by atoms with Crippen LogP contribution in [-0.4, -0.2) is 28.3 Å². The Kier molecular flexibility index (Phi) is 9.86. The summed E-state index contributed by atoms with van der Waals surface area (Å²) >= 11 is 11.5. The summed E-state index contributed by atoms with van der Waals surface area (Å²) in [5.41, 5.74) is 6.93. The van der Waals surface area contributed by atoms with Gasteiger partial charge in [-0.05, 0) is 18.0 Å². The second-order valence-corrected chi connectivity index (χ2v) is 5.59. The van der Waals surface area contributed by atoms with Gasteiger partial charge in [-0.2, -0.15) is 8.42 Å². The van der Waals surface area contributed by atoms with Crippen molar-refractivity contribution in [2.45, 2.75) is 0 Å². The van der Waals surface area contributed by atoms with Gasteiger partial charge >= 0.3 is 27.5 Å². The number of allylic oxidation sites excluding steroid dienone is 5. The van der Waals surface area contributed by atoms with E-state index in [1.54, 1.807) is 18.3 Å². The van der Waals surface area contributed by atoms with E-state index in [0.29, 0.717) is 16.4 Å². The van der Waals surface area contributed by atoms with E-state index < -0.39 is 10.4 Å². The first-order chi connectivity index (χ1) is 10.7. The van der Waals surface area contributed by atoms with Crippen LogP contribution in [0.15, 0.2) is 58.4 Å². The van der Waals surface area contributed by atoms with Gasteiger partial charge in [0.15, 0.2) is 0 Å². The molecule has 0 atom stereocenters. The molecule has 0 fully saturated rings. The van der Waals surface area contributed by atoms with Crippen LogP contribution in [0.1, 0.15) is 0 Å². The minimum Gasteiger partial charge on any atom is -0.683 e. The Labute approximate surface area is 158 Å². The summed E-state index contributed by atoms with van der Waals surface area (Å²) in [6, 6.07) is 5.32. The molecular weight excluding hydrogens is 425 g/mol. The largest absolute Gasteiger partial charge is 2.00 e. The smallest absolute Gasteiger partial charge is 0.683 e. The van der Waals surface area contributed by atoms with Gasteiger partial charge in [-0.1, -0.05) is 47.6 Å². The average Bonchev–Trinajstić information content (AvgIpc) is 2.43. The van der Waals surface area contributed by atoms with E-state index in [4.69, 9.17) is 40.7 Å². The van der Waals surface area contributed by atoms with E-state index in [0.717, 1.165) is 0 Å². The monoisotopic (exact) mass is 434 g/mol. The Morgan fingerprint density at radius 1 is 1.29 bits per heavy atom. The van der Waals surface area contributed by atoms with Crippen LogP contribution in [0, 0.1) is 0 Å². The van der Waals surface area contributed by atoms with Crippen molar-refractivity contribution < 1.29 is 39.4 Å². The summed E-state index contributed by atoms with van der Waals surface area (Å²) in [6.45, 7) is 0. The van der Waals surface area contributed by atoms with E-state index >= 15 is 0 Å². The van der Waals surface area contributed by atoms with Gasteiger partial charge in [0.25, 0.3) is 0 Å². The zero-order valence-corrected chi connectivity index (χ0v) is 15.0. The number of hydrogen-bond acceptors (Lipinski definition) is 6. The minimum absolute atomic E-state index is 0. The van der Waals surface area contributed by atoms with Gasteiger partial charge in [0.1, 0.15) is 0 Å². The number of aromatic nitrogens is 1. The number of hydrogen-bond donors (Lipinski definition) is 1. The maximum Gasteiger partial charge on any atom is 2.00 e. The predicted molar refractivity (Wildman–Crippen MR) is 84.7 cm³/mol. The fourth-order valence-corrected chi connectivity index (χ4v) is 1.78. The number of nitrogens with zero attached hydrogens (tertiary/aromatic N) is 2. The molecule has 24 heavy (non-hydrogen) atoms. The molecule has 3 N–H and O–H groups in total. The Morgan fingerprint density at radius 2 is 1.92 bits per heavy atom. The molecule has 0 aromatic carbocycles. The molecule has 0 saturated heterocycles. The number of carbonyl (C=O) groups is 1. The SMILES string of the molecule is O=C1C(Cl)=CC(Cl)=CC1=CN[N-]c1ccccn1.O=S(=O)([O-])[OH2+].[Fe+2]. The fourth-order valence-electron chi connectivity index (χ4n) is 1.28. The van der Waals surface area contributed by atoms with Gasteiger partial charge < -0.3 is 24.9 Å². The van der Waals surface area contributed by atoms with E-state index in [2.05, 4.69) is 15.8 Å². The van der Waals surface area contributed by atoms with Crippen molar-refractivity contribution >= 4 is 45.2 Å². The molecule has 1 heterocycles. The number of carbonyl (C=O) groups excluding carboxylic acids is 1. The molecule has 0 radical (unpaired) electrons. The standard InChI is InChI=1S/C12H9Cl2N3O.Fe.H2O4S/c13-9-5-8(12(18)10(14)6-9)7-16-17-11-3-1-2-4-15-11;;1-5(2,3)4/h1-7H,(H2,15,16,17,18);;(H2,1,2,3,4)/q;+2;/p-1. The third-order valence-corrected chi connectivity index (χ3v) is 2.58. The average molecular weight is 435 g/mol. The molecule has 0 aliphatic heterocycles. The van der Waals surface area contributed by atoms with Crippen LogP contribution in [0.25, 0.3) is 5.43 Å². The van der Waals surface area contributed by atoms with Gasteiger partial charge in [-0.15, -0.1) is 0 Å².